The van der Waals surface area contributed by atoms with Gasteiger partial charge in [-0.1, -0.05) is 23.2 Å². The molecule has 0 aliphatic rings. The van der Waals surface area contributed by atoms with Gasteiger partial charge in [-0.2, -0.15) is 0 Å². The molecule has 0 aliphatic heterocycles. The maximum Gasteiger partial charge on any atom is 0.339 e. The normalized spacial score (nSPS) is 11.1. The molecular formula is C14H10Cl2FNO4S. The molecule has 0 saturated carbocycles. The van der Waals surface area contributed by atoms with Crippen molar-refractivity contribution in [3.05, 3.63) is 57.8 Å². The summed E-state index contributed by atoms with van der Waals surface area (Å²) >= 11 is 11.6. The van der Waals surface area contributed by atoms with Gasteiger partial charge < -0.3 is 4.74 Å². The van der Waals surface area contributed by atoms with Crippen LogP contribution in [0.15, 0.2) is 41.3 Å². The minimum absolute atomic E-state index is 0.0718. The second kappa shape index (κ2) is 6.74. The molecule has 5 nitrogen and oxygen atoms in total. The van der Waals surface area contributed by atoms with Crippen LogP contribution in [-0.4, -0.2) is 21.5 Å². The van der Waals surface area contributed by atoms with Gasteiger partial charge in [0.2, 0.25) is 0 Å². The number of carbonyl (C=O) groups excluding carboxylic acids is 1. The van der Waals surface area contributed by atoms with E-state index in [1.165, 1.54) is 18.2 Å². The van der Waals surface area contributed by atoms with Gasteiger partial charge in [0.1, 0.15) is 10.7 Å². The summed E-state index contributed by atoms with van der Waals surface area (Å²) in [6.07, 6.45) is 0. The Kier molecular flexibility index (Phi) is 5.13. The highest BCUT2D eigenvalue weighted by molar-refractivity contribution is 7.92. The average molecular weight is 378 g/mol. The zero-order valence-corrected chi connectivity index (χ0v) is 14.0. The molecule has 0 spiro atoms. The molecule has 0 aliphatic carbocycles. The molecule has 2 rings (SSSR count). The molecule has 0 bridgehead atoms. The molecule has 2 aromatic carbocycles. The van der Waals surface area contributed by atoms with Crippen LogP contribution in [0.3, 0.4) is 0 Å². The van der Waals surface area contributed by atoms with Crippen molar-refractivity contribution in [1.29, 1.82) is 0 Å². The second-order valence-electron chi connectivity index (χ2n) is 4.40. The van der Waals surface area contributed by atoms with Gasteiger partial charge in [-0.15, -0.1) is 0 Å². The molecule has 0 amide bonds. The van der Waals surface area contributed by atoms with Gasteiger partial charge in [0, 0.05) is 10.0 Å². The summed E-state index contributed by atoms with van der Waals surface area (Å²) in [5.74, 6) is -1.73. The number of methoxy groups -OCH3 is 1. The third-order valence-electron chi connectivity index (χ3n) is 2.75. The second-order valence-corrected chi connectivity index (χ2v) is 6.92. The van der Waals surface area contributed by atoms with E-state index in [9.17, 15) is 17.6 Å². The topological polar surface area (TPSA) is 72.5 Å². The van der Waals surface area contributed by atoms with Gasteiger partial charge >= 0.3 is 5.97 Å². The summed E-state index contributed by atoms with van der Waals surface area (Å²) in [5, 5.41) is 0.422. The van der Waals surface area contributed by atoms with Gasteiger partial charge in [-0.25, -0.2) is 17.6 Å². The Balaban J connectivity index is 2.51. The van der Waals surface area contributed by atoms with Crippen molar-refractivity contribution in [2.24, 2.45) is 0 Å². The van der Waals surface area contributed by atoms with E-state index in [-0.39, 0.29) is 21.3 Å². The molecule has 0 unspecified atom stereocenters. The first-order valence-electron chi connectivity index (χ1n) is 6.10. The van der Waals surface area contributed by atoms with Crippen LogP contribution in [0, 0.1) is 5.82 Å². The van der Waals surface area contributed by atoms with E-state index in [4.69, 9.17) is 23.2 Å². The number of nitrogens with one attached hydrogen (secondary N) is 1. The lowest BCUT2D eigenvalue weighted by atomic mass is 10.2. The quantitative estimate of drug-likeness (QED) is 0.824. The monoisotopic (exact) mass is 377 g/mol. The van der Waals surface area contributed by atoms with Crippen molar-refractivity contribution in [3.63, 3.8) is 0 Å². The Morgan fingerprint density at radius 2 is 1.74 bits per heavy atom. The summed E-state index contributed by atoms with van der Waals surface area (Å²) < 4.78 is 45.0. The molecule has 122 valence electrons. The summed E-state index contributed by atoms with van der Waals surface area (Å²) in [6.45, 7) is 0. The molecule has 0 radical (unpaired) electrons. The van der Waals surface area contributed by atoms with E-state index >= 15 is 0 Å². The lowest BCUT2D eigenvalue weighted by Crippen LogP contribution is -2.18. The highest BCUT2D eigenvalue weighted by atomic mass is 35.5. The van der Waals surface area contributed by atoms with Crippen molar-refractivity contribution in [2.75, 3.05) is 11.8 Å². The zero-order chi connectivity index (χ0) is 17.2. The van der Waals surface area contributed by atoms with Crippen LogP contribution in [0.1, 0.15) is 10.4 Å². The number of carbonyl (C=O) groups is 1. The van der Waals surface area contributed by atoms with Crippen molar-refractivity contribution >= 4 is 44.9 Å². The van der Waals surface area contributed by atoms with E-state index in [2.05, 4.69) is 9.46 Å². The van der Waals surface area contributed by atoms with Crippen molar-refractivity contribution in [3.8, 4) is 0 Å². The molecule has 0 heterocycles. The summed E-state index contributed by atoms with van der Waals surface area (Å²) in [7, 11) is -3.17. The van der Waals surface area contributed by atoms with Crippen LogP contribution < -0.4 is 4.72 Å². The Bertz CT molecular complexity index is 851. The van der Waals surface area contributed by atoms with E-state index < -0.39 is 26.7 Å². The van der Waals surface area contributed by atoms with Crippen LogP contribution in [0.2, 0.25) is 10.0 Å². The predicted molar refractivity (Wildman–Crippen MR) is 85.0 cm³/mol. The van der Waals surface area contributed by atoms with Crippen LogP contribution in [0.5, 0.6) is 0 Å². The molecule has 0 fully saturated rings. The number of hydrogen-bond acceptors (Lipinski definition) is 4. The number of esters is 1. The van der Waals surface area contributed by atoms with E-state index in [0.717, 1.165) is 25.3 Å². The van der Waals surface area contributed by atoms with Crippen molar-refractivity contribution < 1.29 is 22.3 Å². The Morgan fingerprint density at radius 1 is 1.13 bits per heavy atom. The highest BCUT2D eigenvalue weighted by Gasteiger charge is 2.24. The summed E-state index contributed by atoms with van der Waals surface area (Å²) in [6, 6.07) is 6.77. The minimum atomic E-state index is -4.26. The molecule has 23 heavy (non-hydrogen) atoms. The van der Waals surface area contributed by atoms with Crippen LogP contribution in [-0.2, 0) is 14.8 Å². The Morgan fingerprint density at radius 3 is 2.30 bits per heavy atom. The third-order valence-corrected chi connectivity index (χ3v) is 4.61. The number of benzene rings is 2. The predicted octanol–water partition coefficient (Wildman–Crippen LogP) is 3.72. The maximum absolute atomic E-state index is 13.4. The first-order valence-corrected chi connectivity index (χ1v) is 8.33. The smallest absolute Gasteiger partial charge is 0.339 e. The zero-order valence-electron chi connectivity index (χ0n) is 11.6. The molecule has 0 saturated heterocycles. The van der Waals surface area contributed by atoms with Crippen molar-refractivity contribution in [2.45, 2.75) is 4.90 Å². The fourth-order valence-electron chi connectivity index (χ4n) is 1.82. The molecule has 2 aromatic rings. The van der Waals surface area contributed by atoms with Gasteiger partial charge in [-0.3, -0.25) is 4.72 Å². The van der Waals surface area contributed by atoms with E-state index in [1.807, 2.05) is 0 Å². The van der Waals surface area contributed by atoms with Crippen LogP contribution in [0.25, 0.3) is 0 Å². The fraction of sp³-hybridized carbons (Fsp3) is 0.0714. The summed E-state index contributed by atoms with van der Waals surface area (Å²) in [4.78, 5) is 11.1. The van der Waals surface area contributed by atoms with Crippen LogP contribution >= 0.6 is 23.2 Å². The Hall–Kier alpha value is -1.83. The van der Waals surface area contributed by atoms with Gasteiger partial charge in [0.15, 0.2) is 0 Å². The first-order chi connectivity index (χ1) is 10.7. The lowest BCUT2D eigenvalue weighted by Gasteiger charge is -2.12. The van der Waals surface area contributed by atoms with Gasteiger partial charge in [-0.05, 0) is 36.4 Å². The fourth-order valence-corrected chi connectivity index (χ4v) is 3.59. The lowest BCUT2D eigenvalue weighted by molar-refractivity contribution is 0.0596. The molecule has 0 atom stereocenters. The maximum atomic E-state index is 13.4. The molecule has 1 N–H and O–H groups in total. The number of hydrogen-bond donors (Lipinski definition) is 1. The van der Waals surface area contributed by atoms with E-state index in [1.54, 1.807) is 0 Å². The van der Waals surface area contributed by atoms with Crippen LogP contribution in [0.4, 0.5) is 10.1 Å². The third kappa shape index (κ3) is 4.13. The standard InChI is InChI=1S/C14H10Cl2FNO4S/c1-22-14(19)12-3-2-10(17)7-13(12)23(20,21)18-11-5-8(15)4-9(16)6-11/h2-7,18H,1H3. The molecule has 9 heteroatoms. The number of ether oxygens (including phenoxy) is 1. The number of rotatable bonds is 4. The SMILES string of the molecule is COC(=O)c1ccc(F)cc1S(=O)(=O)Nc1cc(Cl)cc(Cl)c1. The number of anilines is 1. The van der Waals surface area contributed by atoms with E-state index in [0.29, 0.717) is 0 Å². The first kappa shape index (κ1) is 17.5. The highest BCUT2D eigenvalue weighted by Crippen LogP contribution is 2.26. The minimum Gasteiger partial charge on any atom is -0.465 e. The number of halogens is 3. The van der Waals surface area contributed by atoms with Gasteiger partial charge in [0.25, 0.3) is 10.0 Å². The average Bonchev–Trinajstić information content (AvgIpc) is 2.44. The Labute approximate surface area is 142 Å². The van der Waals surface area contributed by atoms with Gasteiger partial charge in [0.05, 0.1) is 18.4 Å². The molecular weight excluding hydrogens is 368 g/mol. The largest absolute Gasteiger partial charge is 0.465 e. The van der Waals surface area contributed by atoms with Crippen molar-refractivity contribution in [1.82, 2.24) is 0 Å². The molecule has 0 aromatic heterocycles. The number of sulfonamides is 1. The summed E-state index contributed by atoms with van der Waals surface area (Å²) in [5.41, 5.74) is -0.225.